The van der Waals surface area contributed by atoms with Crippen molar-refractivity contribution in [1.82, 2.24) is 0 Å². The lowest BCUT2D eigenvalue weighted by Crippen LogP contribution is -2.33. The van der Waals surface area contributed by atoms with Crippen LogP contribution in [0, 0.1) is 5.92 Å². The average molecular weight is 171 g/mol. The van der Waals surface area contributed by atoms with Gasteiger partial charge in [-0.25, -0.2) is 0 Å². The van der Waals surface area contributed by atoms with Gasteiger partial charge in [-0.3, -0.25) is 0 Å². The first-order valence-electron chi connectivity index (χ1n) is 5.14. The molecule has 1 rings (SSSR count). The Labute approximate surface area is 75.2 Å². The number of aliphatic hydroxyl groups excluding tert-OH is 1. The van der Waals surface area contributed by atoms with Gasteiger partial charge < -0.3 is 10.8 Å². The van der Waals surface area contributed by atoms with E-state index in [1.54, 1.807) is 0 Å². The van der Waals surface area contributed by atoms with Crippen LogP contribution in [0.4, 0.5) is 0 Å². The summed E-state index contributed by atoms with van der Waals surface area (Å²) in [7, 11) is 0. The molecular formula is C10H21NO. The third-order valence-corrected chi connectivity index (χ3v) is 2.91. The molecule has 2 unspecified atom stereocenters. The number of hydrogen-bond donors (Lipinski definition) is 2. The lowest BCUT2D eigenvalue weighted by atomic mass is 9.84. The molecule has 0 radical (unpaired) electrons. The summed E-state index contributed by atoms with van der Waals surface area (Å²) < 4.78 is 0. The molecule has 1 aliphatic carbocycles. The molecule has 0 aromatic rings. The minimum Gasteiger partial charge on any atom is -0.392 e. The second-order valence-electron chi connectivity index (χ2n) is 4.17. The number of aliphatic hydroxyl groups is 1. The topological polar surface area (TPSA) is 46.2 Å². The summed E-state index contributed by atoms with van der Waals surface area (Å²) in [5.41, 5.74) is 5.60. The Bertz CT molecular complexity index is 119. The highest BCUT2D eigenvalue weighted by molar-refractivity contribution is 4.74. The predicted molar refractivity (Wildman–Crippen MR) is 50.8 cm³/mol. The first kappa shape index (κ1) is 10.0. The van der Waals surface area contributed by atoms with Crippen LogP contribution in [-0.2, 0) is 0 Å². The van der Waals surface area contributed by atoms with Crippen molar-refractivity contribution in [3.8, 4) is 0 Å². The maximum atomic E-state index is 9.55. The van der Waals surface area contributed by atoms with Crippen molar-refractivity contribution in [1.29, 1.82) is 0 Å². The van der Waals surface area contributed by atoms with Gasteiger partial charge in [0.25, 0.3) is 0 Å². The second-order valence-corrected chi connectivity index (χ2v) is 4.17. The molecule has 1 saturated carbocycles. The minimum absolute atomic E-state index is 0.0630. The molecule has 0 amide bonds. The first-order valence-corrected chi connectivity index (χ1v) is 5.14. The summed E-state index contributed by atoms with van der Waals surface area (Å²) in [6.45, 7) is 1.88. The normalized spacial score (nSPS) is 25.2. The lowest BCUT2D eigenvalue weighted by molar-refractivity contribution is 0.110. The maximum Gasteiger partial charge on any atom is 0.0691 e. The molecular weight excluding hydrogens is 150 g/mol. The fourth-order valence-electron chi connectivity index (χ4n) is 1.98. The van der Waals surface area contributed by atoms with Gasteiger partial charge in [-0.15, -0.1) is 0 Å². The van der Waals surface area contributed by atoms with Crippen molar-refractivity contribution in [2.45, 2.75) is 57.6 Å². The monoisotopic (exact) mass is 171 g/mol. The van der Waals surface area contributed by atoms with E-state index in [2.05, 4.69) is 0 Å². The van der Waals surface area contributed by atoms with Crippen molar-refractivity contribution in [3.05, 3.63) is 0 Å². The van der Waals surface area contributed by atoms with Gasteiger partial charge in [0.2, 0.25) is 0 Å². The molecule has 1 aliphatic rings. The van der Waals surface area contributed by atoms with Crippen molar-refractivity contribution < 1.29 is 5.11 Å². The van der Waals surface area contributed by atoms with Gasteiger partial charge >= 0.3 is 0 Å². The van der Waals surface area contributed by atoms with Crippen molar-refractivity contribution in [3.63, 3.8) is 0 Å². The van der Waals surface area contributed by atoms with Crippen LogP contribution < -0.4 is 5.73 Å². The average Bonchev–Trinajstić information content (AvgIpc) is 2.06. The highest BCUT2D eigenvalue weighted by atomic mass is 16.3. The van der Waals surface area contributed by atoms with Crippen LogP contribution >= 0.6 is 0 Å². The Balaban J connectivity index is 2.20. The molecule has 0 aliphatic heterocycles. The number of hydrogen-bond acceptors (Lipinski definition) is 2. The summed E-state index contributed by atoms with van der Waals surface area (Å²) in [5, 5.41) is 9.55. The molecule has 0 aromatic carbocycles. The van der Waals surface area contributed by atoms with E-state index in [9.17, 15) is 5.11 Å². The smallest absolute Gasteiger partial charge is 0.0691 e. The standard InChI is InChI=1S/C10H21NO/c1-8(11)10(12)7-9-5-3-2-4-6-9/h8-10,12H,2-7,11H2,1H3. The zero-order chi connectivity index (χ0) is 8.97. The van der Waals surface area contributed by atoms with E-state index in [0.717, 1.165) is 12.3 Å². The third kappa shape index (κ3) is 3.11. The van der Waals surface area contributed by atoms with Crippen LogP contribution in [0.1, 0.15) is 45.4 Å². The van der Waals surface area contributed by atoms with Crippen LogP contribution in [-0.4, -0.2) is 17.3 Å². The van der Waals surface area contributed by atoms with E-state index < -0.39 is 0 Å². The zero-order valence-corrected chi connectivity index (χ0v) is 8.00. The van der Waals surface area contributed by atoms with Gasteiger partial charge in [-0.1, -0.05) is 32.1 Å². The van der Waals surface area contributed by atoms with Crippen molar-refractivity contribution in [2.24, 2.45) is 11.7 Å². The molecule has 72 valence electrons. The Kier molecular flexibility index (Phi) is 4.02. The largest absolute Gasteiger partial charge is 0.392 e. The van der Waals surface area contributed by atoms with Crippen LogP contribution in [0.15, 0.2) is 0 Å². The molecule has 0 saturated heterocycles. The highest BCUT2D eigenvalue weighted by Crippen LogP contribution is 2.27. The van der Waals surface area contributed by atoms with Crippen molar-refractivity contribution in [2.75, 3.05) is 0 Å². The summed E-state index contributed by atoms with van der Waals surface area (Å²) in [6, 6.07) is -0.0630. The van der Waals surface area contributed by atoms with Crippen LogP contribution in [0.2, 0.25) is 0 Å². The molecule has 2 atom stereocenters. The predicted octanol–water partition coefficient (Wildman–Crippen LogP) is 1.66. The van der Waals surface area contributed by atoms with E-state index >= 15 is 0 Å². The third-order valence-electron chi connectivity index (χ3n) is 2.91. The van der Waals surface area contributed by atoms with Gasteiger partial charge in [-0.05, 0) is 19.3 Å². The minimum atomic E-state index is -0.284. The van der Waals surface area contributed by atoms with E-state index in [1.807, 2.05) is 6.92 Å². The number of nitrogens with two attached hydrogens (primary N) is 1. The molecule has 3 N–H and O–H groups in total. The Morgan fingerprint density at radius 3 is 2.42 bits per heavy atom. The molecule has 0 bridgehead atoms. The van der Waals surface area contributed by atoms with E-state index in [4.69, 9.17) is 5.73 Å². The molecule has 1 fully saturated rings. The quantitative estimate of drug-likeness (QED) is 0.678. The van der Waals surface area contributed by atoms with Gasteiger partial charge in [0.05, 0.1) is 6.10 Å². The molecule has 12 heavy (non-hydrogen) atoms. The molecule has 2 heteroatoms. The van der Waals surface area contributed by atoms with Crippen molar-refractivity contribution >= 4 is 0 Å². The van der Waals surface area contributed by atoms with Gasteiger partial charge in [0.15, 0.2) is 0 Å². The van der Waals surface area contributed by atoms with Gasteiger partial charge in [-0.2, -0.15) is 0 Å². The van der Waals surface area contributed by atoms with Crippen LogP contribution in [0.3, 0.4) is 0 Å². The summed E-state index contributed by atoms with van der Waals surface area (Å²) in [4.78, 5) is 0. The molecule has 0 spiro atoms. The molecule has 2 nitrogen and oxygen atoms in total. The van der Waals surface area contributed by atoms with Crippen LogP contribution in [0.5, 0.6) is 0 Å². The number of rotatable bonds is 3. The Morgan fingerprint density at radius 1 is 1.33 bits per heavy atom. The van der Waals surface area contributed by atoms with E-state index in [-0.39, 0.29) is 12.1 Å². The highest BCUT2D eigenvalue weighted by Gasteiger charge is 2.19. The first-order chi connectivity index (χ1) is 5.70. The summed E-state index contributed by atoms with van der Waals surface area (Å²) >= 11 is 0. The SMILES string of the molecule is CC(N)C(O)CC1CCCCC1. The summed E-state index contributed by atoms with van der Waals surface area (Å²) in [6.07, 6.45) is 7.29. The second kappa shape index (κ2) is 4.83. The van der Waals surface area contributed by atoms with Crippen LogP contribution in [0.25, 0.3) is 0 Å². The lowest BCUT2D eigenvalue weighted by Gasteiger charge is -2.25. The zero-order valence-electron chi connectivity index (χ0n) is 8.00. The van der Waals surface area contributed by atoms with Gasteiger partial charge in [0, 0.05) is 6.04 Å². The fourth-order valence-corrected chi connectivity index (χ4v) is 1.98. The van der Waals surface area contributed by atoms with Gasteiger partial charge in [0.1, 0.15) is 0 Å². The molecule has 0 heterocycles. The fraction of sp³-hybridized carbons (Fsp3) is 1.00. The van der Waals surface area contributed by atoms with E-state index in [0.29, 0.717) is 0 Å². The summed E-state index contributed by atoms with van der Waals surface area (Å²) in [5.74, 6) is 0.736. The Hall–Kier alpha value is -0.0800. The Morgan fingerprint density at radius 2 is 1.92 bits per heavy atom. The maximum absolute atomic E-state index is 9.55. The van der Waals surface area contributed by atoms with E-state index in [1.165, 1.54) is 32.1 Å². The molecule has 0 aromatic heterocycles.